The van der Waals surface area contributed by atoms with Gasteiger partial charge in [0.25, 0.3) is 0 Å². The lowest BCUT2D eigenvalue weighted by Gasteiger charge is -2.15. The maximum atomic E-state index is 9.51. The molecule has 0 bridgehead atoms. The zero-order valence-electron chi connectivity index (χ0n) is 22.4. The average molecular weight is 546 g/mol. The summed E-state index contributed by atoms with van der Waals surface area (Å²) in [7, 11) is 2.02. The van der Waals surface area contributed by atoms with Crippen molar-refractivity contribution in [1.29, 1.82) is 5.26 Å². The number of likely N-dealkylation sites (N-methyl/N-ethyl adjacent to an activating group) is 1. The maximum absolute atomic E-state index is 9.51. The number of aromatic nitrogens is 2. The van der Waals surface area contributed by atoms with E-state index < -0.39 is 0 Å². The van der Waals surface area contributed by atoms with E-state index >= 15 is 0 Å². The molecule has 0 fully saturated rings. The third kappa shape index (κ3) is 6.09. The average Bonchev–Trinajstić information content (AvgIpc) is 3.69. The number of hydrogen-bond acceptors (Lipinski definition) is 10. The number of hydrogen-bond donors (Lipinski definition) is 1. The molecule has 2 aliphatic rings. The highest BCUT2D eigenvalue weighted by Gasteiger charge is 2.19. The Morgan fingerprint density at radius 1 is 0.878 bits per heavy atom. The normalized spacial score (nSPS) is 14.1. The number of rotatable bonds is 9. The lowest BCUT2D eigenvalue weighted by Crippen LogP contribution is -2.23. The molecule has 41 heavy (non-hydrogen) atoms. The molecule has 0 atom stereocenters. The number of ether oxygens (including phenoxy) is 3. The van der Waals surface area contributed by atoms with E-state index in [0.717, 1.165) is 30.1 Å². The van der Waals surface area contributed by atoms with Gasteiger partial charge in [0, 0.05) is 31.8 Å². The van der Waals surface area contributed by atoms with Gasteiger partial charge in [-0.3, -0.25) is 9.98 Å². The first-order valence-corrected chi connectivity index (χ1v) is 13.2. The van der Waals surface area contributed by atoms with Crippen molar-refractivity contribution in [1.82, 2.24) is 20.2 Å². The molecule has 0 radical (unpaired) electrons. The van der Waals surface area contributed by atoms with Crippen LogP contribution in [0.1, 0.15) is 22.5 Å². The second-order valence-corrected chi connectivity index (χ2v) is 9.43. The molecule has 0 aliphatic carbocycles. The molecule has 3 aromatic carbocycles. The first-order chi connectivity index (χ1) is 20.1. The monoisotopic (exact) mass is 545 g/mol. The molecule has 6 rings (SSSR count). The van der Waals surface area contributed by atoms with Crippen LogP contribution in [0.25, 0.3) is 0 Å². The Bertz CT molecular complexity index is 1660. The van der Waals surface area contributed by atoms with Crippen LogP contribution >= 0.6 is 0 Å². The maximum Gasteiger partial charge on any atom is 0.227 e. The van der Waals surface area contributed by atoms with Gasteiger partial charge in [-0.1, -0.05) is 42.5 Å². The number of aliphatic imine (C=N–C) groups is 2. The quantitative estimate of drug-likeness (QED) is 0.326. The van der Waals surface area contributed by atoms with E-state index in [4.69, 9.17) is 14.2 Å². The van der Waals surface area contributed by atoms with Crippen molar-refractivity contribution in [2.75, 3.05) is 33.2 Å². The minimum absolute atomic E-state index is 0.220. The van der Waals surface area contributed by atoms with E-state index in [9.17, 15) is 5.26 Å². The number of amidine groups is 2. The molecular formula is C31H27N7O3. The summed E-state index contributed by atoms with van der Waals surface area (Å²) in [6.45, 7) is 3.31. The summed E-state index contributed by atoms with van der Waals surface area (Å²) in [4.78, 5) is 20.4. The van der Waals surface area contributed by atoms with Gasteiger partial charge in [-0.05, 0) is 29.8 Å². The number of benzene rings is 3. The Morgan fingerprint density at radius 2 is 1.73 bits per heavy atom. The zero-order chi connectivity index (χ0) is 28.0. The molecule has 0 saturated heterocycles. The molecule has 204 valence electrons. The summed E-state index contributed by atoms with van der Waals surface area (Å²) in [5, 5.41) is 12.7. The summed E-state index contributed by atoms with van der Waals surface area (Å²) in [5.41, 5.74) is 2.39. The molecule has 1 aromatic heterocycles. The lowest BCUT2D eigenvalue weighted by atomic mass is 10.2. The summed E-state index contributed by atoms with van der Waals surface area (Å²) in [6.07, 6.45) is 0. The van der Waals surface area contributed by atoms with Gasteiger partial charge >= 0.3 is 0 Å². The van der Waals surface area contributed by atoms with Crippen molar-refractivity contribution in [2.24, 2.45) is 9.98 Å². The number of nitrogens with one attached hydrogen (secondary N) is 1. The van der Waals surface area contributed by atoms with Gasteiger partial charge in [-0.25, -0.2) is 0 Å². The topological polar surface area (TPSA) is 117 Å². The van der Waals surface area contributed by atoms with Crippen LogP contribution in [-0.4, -0.2) is 59.8 Å². The molecule has 2 aliphatic heterocycles. The van der Waals surface area contributed by atoms with Gasteiger partial charge in [-0.2, -0.15) is 15.2 Å². The molecule has 4 aromatic rings. The SMILES string of the molecule is CN1CCN=C1c1cccc(Oc2cc(Oc3cc(C#N)ccc3OCc3ccccc3)nc(C3=NCCN3)n2)c1. The fraction of sp³-hybridized carbons (Fsp3) is 0.194. The Balaban J connectivity index is 1.31. The van der Waals surface area contributed by atoms with Crippen LogP contribution in [0.15, 0.2) is 88.8 Å². The largest absolute Gasteiger partial charge is 0.485 e. The molecule has 0 spiro atoms. The van der Waals surface area contributed by atoms with Gasteiger partial charge < -0.3 is 24.4 Å². The van der Waals surface area contributed by atoms with Crippen LogP contribution < -0.4 is 19.5 Å². The van der Waals surface area contributed by atoms with Crippen LogP contribution in [0, 0.1) is 11.3 Å². The molecule has 1 N–H and O–H groups in total. The Hall–Kier alpha value is -5.43. The highest BCUT2D eigenvalue weighted by atomic mass is 16.5. The van der Waals surface area contributed by atoms with E-state index in [1.54, 1.807) is 24.3 Å². The Kier molecular flexibility index (Phi) is 7.40. The third-order valence-electron chi connectivity index (χ3n) is 6.46. The smallest absolute Gasteiger partial charge is 0.227 e. The predicted octanol–water partition coefficient (Wildman–Crippen LogP) is 4.55. The van der Waals surface area contributed by atoms with Crippen LogP contribution in [0.3, 0.4) is 0 Å². The minimum atomic E-state index is 0.220. The first kappa shape index (κ1) is 25.8. The third-order valence-corrected chi connectivity index (χ3v) is 6.46. The molecule has 3 heterocycles. The summed E-state index contributed by atoms with van der Waals surface area (Å²) < 4.78 is 18.5. The predicted molar refractivity (Wildman–Crippen MR) is 154 cm³/mol. The molecule has 10 nitrogen and oxygen atoms in total. The first-order valence-electron chi connectivity index (χ1n) is 13.2. The van der Waals surface area contributed by atoms with Gasteiger partial charge in [0.05, 0.1) is 30.8 Å². The zero-order valence-corrected chi connectivity index (χ0v) is 22.4. The minimum Gasteiger partial charge on any atom is -0.485 e. The van der Waals surface area contributed by atoms with E-state index in [-0.39, 0.29) is 11.8 Å². The lowest BCUT2D eigenvalue weighted by molar-refractivity contribution is 0.290. The number of nitrogens with zero attached hydrogens (tertiary/aromatic N) is 6. The number of nitriles is 1. The van der Waals surface area contributed by atoms with Gasteiger partial charge in [0.2, 0.25) is 17.6 Å². The van der Waals surface area contributed by atoms with E-state index in [2.05, 4.69) is 36.2 Å². The summed E-state index contributed by atoms with van der Waals surface area (Å²) in [5.74, 6) is 3.74. The van der Waals surface area contributed by atoms with Crippen LogP contribution in [0.5, 0.6) is 29.0 Å². The second-order valence-electron chi connectivity index (χ2n) is 9.43. The van der Waals surface area contributed by atoms with Crippen LogP contribution in [-0.2, 0) is 6.61 Å². The van der Waals surface area contributed by atoms with Gasteiger partial charge in [-0.15, -0.1) is 0 Å². The molecule has 10 heteroatoms. The van der Waals surface area contributed by atoms with Gasteiger partial charge in [0.15, 0.2) is 17.3 Å². The van der Waals surface area contributed by atoms with Crippen molar-refractivity contribution in [3.63, 3.8) is 0 Å². The molecular weight excluding hydrogens is 518 g/mol. The van der Waals surface area contributed by atoms with E-state index in [1.807, 2.05) is 61.6 Å². The van der Waals surface area contributed by atoms with E-state index in [1.165, 1.54) is 0 Å². The fourth-order valence-electron chi connectivity index (χ4n) is 4.45. The highest BCUT2D eigenvalue weighted by molar-refractivity contribution is 6.00. The molecule has 0 amide bonds. The van der Waals surface area contributed by atoms with Gasteiger partial charge in [0.1, 0.15) is 18.2 Å². The standard InChI is InChI=1S/C31H27N7O3/c1-38-15-14-35-31(38)23-8-5-9-24(17-23)40-27-18-28(37-30(36-27)29-33-12-13-34-29)41-26-16-22(19-32)10-11-25(26)39-20-21-6-3-2-4-7-21/h2-11,16-18H,12-15,20H2,1H3,(H,33,34). The summed E-state index contributed by atoms with van der Waals surface area (Å²) >= 11 is 0. The van der Waals surface area contributed by atoms with Crippen molar-refractivity contribution in [3.05, 3.63) is 101 Å². The Morgan fingerprint density at radius 3 is 2.49 bits per heavy atom. The highest BCUT2D eigenvalue weighted by Crippen LogP contribution is 2.34. The van der Waals surface area contributed by atoms with Crippen molar-refractivity contribution >= 4 is 11.7 Å². The summed E-state index contributed by atoms with van der Waals surface area (Å²) in [6, 6.07) is 26.3. The van der Waals surface area contributed by atoms with Crippen LogP contribution in [0.2, 0.25) is 0 Å². The van der Waals surface area contributed by atoms with E-state index in [0.29, 0.717) is 54.2 Å². The fourth-order valence-corrected chi connectivity index (χ4v) is 4.45. The molecule has 0 saturated carbocycles. The Labute approximate surface area is 237 Å². The molecule has 0 unspecified atom stereocenters. The second kappa shape index (κ2) is 11.8. The van der Waals surface area contributed by atoms with Crippen molar-refractivity contribution < 1.29 is 14.2 Å². The van der Waals surface area contributed by atoms with Crippen molar-refractivity contribution in [3.8, 4) is 35.1 Å². The van der Waals surface area contributed by atoms with Crippen LogP contribution in [0.4, 0.5) is 0 Å². The van der Waals surface area contributed by atoms with Crippen molar-refractivity contribution in [2.45, 2.75) is 6.61 Å².